The van der Waals surface area contributed by atoms with E-state index < -0.39 is 29.6 Å². The van der Waals surface area contributed by atoms with Crippen molar-refractivity contribution in [2.24, 2.45) is 0 Å². The zero-order valence-corrected chi connectivity index (χ0v) is 10.1. The predicted octanol–water partition coefficient (Wildman–Crippen LogP) is 2.52. The van der Waals surface area contributed by atoms with E-state index >= 15 is 0 Å². The summed E-state index contributed by atoms with van der Waals surface area (Å²) < 4.78 is 47.7. The van der Waals surface area contributed by atoms with Gasteiger partial charge in [-0.3, -0.25) is 0 Å². The maximum Gasteiger partial charge on any atom is 0.420 e. The first-order valence-corrected chi connectivity index (χ1v) is 5.15. The molecule has 0 heterocycles. The van der Waals surface area contributed by atoms with Gasteiger partial charge in [-0.2, -0.15) is 18.4 Å². The normalized spacial score (nSPS) is 12.4. The number of nitrogens with zero attached hydrogens (tertiary/aromatic N) is 1. The van der Waals surface area contributed by atoms with Gasteiger partial charge in [-0.05, 0) is 25.1 Å². The summed E-state index contributed by atoms with van der Waals surface area (Å²) in [5.41, 5.74) is -1.26. The van der Waals surface area contributed by atoms with Crippen LogP contribution in [-0.2, 0) is 15.7 Å². The summed E-state index contributed by atoms with van der Waals surface area (Å²) in [6, 6.07) is 4.45. The fourth-order valence-corrected chi connectivity index (χ4v) is 1.33. The number of nitriles is 1. The van der Waals surface area contributed by atoms with Crippen LogP contribution in [0.15, 0.2) is 18.2 Å². The van der Waals surface area contributed by atoms with Crippen LogP contribution in [0.4, 0.5) is 13.2 Å². The number of carbonyl (C=O) groups is 1. The number of methoxy groups -OCH3 is 1. The van der Waals surface area contributed by atoms with Crippen molar-refractivity contribution >= 4 is 5.97 Å². The van der Waals surface area contributed by atoms with E-state index in [1.165, 1.54) is 13.0 Å². The fourth-order valence-electron chi connectivity index (χ4n) is 1.33. The van der Waals surface area contributed by atoms with E-state index in [-0.39, 0.29) is 5.56 Å². The average molecular weight is 273 g/mol. The summed E-state index contributed by atoms with van der Waals surface area (Å²) in [6.07, 6.45) is -5.86. The summed E-state index contributed by atoms with van der Waals surface area (Å²) in [5, 5.41) is 8.59. The first kappa shape index (κ1) is 14.8. The van der Waals surface area contributed by atoms with Crippen LogP contribution in [0.2, 0.25) is 0 Å². The molecule has 7 heteroatoms. The second-order valence-electron chi connectivity index (χ2n) is 3.60. The molecule has 0 aromatic heterocycles. The lowest BCUT2D eigenvalue weighted by Gasteiger charge is -2.17. The van der Waals surface area contributed by atoms with Gasteiger partial charge in [-0.1, -0.05) is 0 Å². The number of halogens is 3. The van der Waals surface area contributed by atoms with Crippen LogP contribution < -0.4 is 4.74 Å². The standard InChI is InChI=1S/C12H10F3NO3/c1-7(11(17)18-2)19-10-4-3-8(6-16)5-9(10)12(13,14)15/h3-5,7H,1-2H3/t7-/m0/s1. The molecule has 0 spiro atoms. The van der Waals surface area contributed by atoms with Crippen LogP contribution in [0.1, 0.15) is 18.1 Å². The highest BCUT2D eigenvalue weighted by molar-refractivity contribution is 5.74. The van der Waals surface area contributed by atoms with Crippen molar-refractivity contribution in [3.8, 4) is 11.8 Å². The number of alkyl halides is 3. The summed E-state index contributed by atoms with van der Waals surface area (Å²) in [6.45, 7) is 1.27. The molecule has 0 unspecified atom stereocenters. The molecule has 0 saturated carbocycles. The van der Waals surface area contributed by atoms with Crippen molar-refractivity contribution in [2.75, 3.05) is 7.11 Å². The van der Waals surface area contributed by atoms with Crippen molar-refractivity contribution in [3.63, 3.8) is 0 Å². The monoisotopic (exact) mass is 273 g/mol. The van der Waals surface area contributed by atoms with Crippen LogP contribution in [0.25, 0.3) is 0 Å². The highest BCUT2D eigenvalue weighted by Gasteiger charge is 2.35. The Kier molecular flexibility index (Phi) is 4.38. The summed E-state index contributed by atoms with van der Waals surface area (Å²) in [5.74, 6) is -1.32. The van der Waals surface area contributed by atoms with Crippen molar-refractivity contribution in [2.45, 2.75) is 19.2 Å². The Labute approximate surface area is 107 Å². The minimum atomic E-state index is -4.68. The minimum Gasteiger partial charge on any atom is -0.478 e. The topological polar surface area (TPSA) is 59.3 Å². The van der Waals surface area contributed by atoms with E-state index in [1.807, 2.05) is 0 Å². The number of ether oxygens (including phenoxy) is 2. The highest BCUT2D eigenvalue weighted by Crippen LogP contribution is 2.37. The molecule has 0 fully saturated rings. The van der Waals surface area contributed by atoms with Gasteiger partial charge in [0.2, 0.25) is 0 Å². The van der Waals surface area contributed by atoms with Crippen molar-refractivity contribution in [1.82, 2.24) is 0 Å². The van der Waals surface area contributed by atoms with Crippen LogP contribution in [-0.4, -0.2) is 19.2 Å². The zero-order valence-electron chi connectivity index (χ0n) is 10.1. The molecular formula is C12H10F3NO3. The molecule has 1 rings (SSSR count). The van der Waals surface area contributed by atoms with E-state index in [4.69, 9.17) is 10.00 Å². The minimum absolute atomic E-state index is 0.148. The van der Waals surface area contributed by atoms with E-state index in [0.29, 0.717) is 6.07 Å². The zero-order chi connectivity index (χ0) is 14.6. The highest BCUT2D eigenvalue weighted by atomic mass is 19.4. The predicted molar refractivity (Wildman–Crippen MR) is 58.3 cm³/mol. The number of carbonyl (C=O) groups excluding carboxylic acids is 1. The van der Waals surface area contributed by atoms with Crippen molar-refractivity contribution in [1.29, 1.82) is 5.26 Å². The largest absolute Gasteiger partial charge is 0.478 e. The lowest BCUT2D eigenvalue weighted by atomic mass is 10.1. The Bertz CT molecular complexity index is 520. The van der Waals surface area contributed by atoms with Crippen LogP contribution >= 0.6 is 0 Å². The lowest BCUT2D eigenvalue weighted by Crippen LogP contribution is -2.26. The second kappa shape index (κ2) is 5.61. The Morgan fingerprint density at radius 2 is 2.05 bits per heavy atom. The van der Waals surface area contributed by atoms with E-state index in [0.717, 1.165) is 13.2 Å². The van der Waals surface area contributed by atoms with Crippen molar-refractivity contribution in [3.05, 3.63) is 29.3 Å². The fraction of sp³-hybridized carbons (Fsp3) is 0.333. The van der Waals surface area contributed by atoms with Gasteiger partial charge in [-0.25, -0.2) is 4.79 Å². The Balaban J connectivity index is 3.14. The number of esters is 1. The molecule has 102 valence electrons. The average Bonchev–Trinajstić information content (AvgIpc) is 2.36. The van der Waals surface area contributed by atoms with Crippen molar-refractivity contribution < 1.29 is 27.4 Å². The smallest absolute Gasteiger partial charge is 0.420 e. The second-order valence-corrected chi connectivity index (χ2v) is 3.60. The maximum atomic E-state index is 12.8. The van der Waals surface area contributed by atoms with Gasteiger partial charge < -0.3 is 9.47 Å². The first-order chi connectivity index (χ1) is 8.79. The molecular weight excluding hydrogens is 263 g/mol. The van der Waals surface area contributed by atoms with Gasteiger partial charge in [0.15, 0.2) is 6.10 Å². The summed E-state index contributed by atoms with van der Waals surface area (Å²) >= 11 is 0. The van der Waals surface area contributed by atoms with Gasteiger partial charge in [0.05, 0.1) is 24.3 Å². The molecule has 0 amide bonds. The van der Waals surface area contributed by atoms with Crippen LogP contribution in [0, 0.1) is 11.3 Å². The van der Waals surface area contributed by atoms with Gasteiger partial charge in [0.1, 0.15) is 5.75 Å². The quantitative estimate of drug-likeness (QED) is 0.794. The Hall–Kier alpha value is -2.23. The van der Waals surface area contributed by atoms with E-state index in [2.05, 4.69) is 4.74 Å². The molecule has 0 bridgehead atoms. The van der Waals surface area contributed by atoms with E-state index in [1.54, 1.807) is 6.07 Å². The Morgan fingerprint density at radius 3 is 2.53 bits per heavy atom. The van der Waals surface area contributed by atoms with Gasteiger partial charge >= 0.3 is 12.1 Å². The molecule has 4 nitrogen and oxygen atoms in total. The molecule has 0 aliphatic heterocycles. The third-order valence-electron chi connectivity index (χ3n) is 2.25. The molecule has 0 N–H and O–H groups in total. The number of hydrogen-bond donors (Lipinski definition) is 0. The first-order valence-electron chi connectivity index (χ1n) is 5.15. The molecule has 0 saturated heterocycles. The van der Waals surface area contributed by atoms with Crippen LogP contribution in [0.5, 0.6) is 5.75 Å². The van der Waals surface area contributed by atoms with Gasteiger partial charge in [-0.15, -0.1) is 0 Å². The Morgan fingerprint density at radius 1 is 1.42 bits per heavy atom. The third-order valence-corrected chi connectivity index (χ3v) is 2.25. The maximum absolute atomic E-state index is 12.8. The molecule has 0 radical (unpaired) electrons. The summed E-state index contributed by atoms with van der Waals surface area (Å²) in [4.78, 5) is 11.1. The SMILES string of the molecule is COC(=O)[C@H](C)Oc1ccc(C#N)cc1C(F)(F)F. The third kappa shape index (κ3) is 3.61. The molecule has 1 aromatic carbocycles. The van der Waals surface area contributed by atoms with E-state index in [9.17, 15) is 18.0 Å². The number of hydrogen-bond acceptors (Lipinski definition) is 4. The molecule has 19 heavy (non-hydrogen) atoms. The lowest BCUT2D eigenvalue weighted by molar-refractivity contribution is -0.150. The van der Waals surface area contributed by atoms with Gasteiger partial charge in [0.25, 0.3) is 0 Å². The number of benzene rings is 1. The molecule has 0 aliphatic rings. The summed E-state index contributed by atoms with van der Waals surface area (Å²) in [7, 11) is 1.10. The van der Waals surface area contributed by atoms with Gasteiger partial charge in [0, 0.05) is 0 Å². The molecule has 0 aliphatic carbocycles. The molecule has 1 aromatic rings. The number of rotatable bonds is 3. The van der Waals surface area contributed by atoms with Crippen LogP contribution in [0.3, 0.4) is 0 Å². The molecule has 1 atom stereocenters.